The van der Waals surface area contributed by atoms with Crippen molar-refractivity contribution in [2.24, 2.45) is 0 Å². The molecule has 2 heteroatoms. The highest BCUT2D eigenvalue weighted by molar-refractivity contribution is 7.22. The molecule has 2 heterocycles. The van der Waals surface area contributed by atoms with Gasteiger partial charge in [-0.3, -0.25) is 0 Å². The van der Waals surface area contributed by atoms with Crippen molar-refractivity contribution < 1.29 is 0 Å². The lowest BCUT2D eigenvalue weighted by Crippen LogP contribution is -2.21. The zero-order valence-corrected chi connectivity index (χ0v) is 14.9. The molecular weight excluding hydrogens is 304 g/mol. The second kappa shape index (κ2) is 5.07. The van der Waals surface area contributed by atoms with Gasteiger partial charge in [0.25, 0.3) is 0 Å². The molecule has 1 aliphatic rings. The molecule has 0 fully saturated rings. The van der Waals surface area contributed by atoms with E-state index >= 15 is 0 Å². The third-order valence-electron chi connectivity index (χ3n) is 4.90. The first-order chi connectivity index (χ1) is 10.7. The van der Waals surface area contributed by atoms with E-state index in [2.05, 4.69) is 63.2 Å². The average Bonchev–Trinajstić information content (AvgIpc) is 3.22. The Bertz CT molecular complexity index is 773. The van der Waals surface area contributed by atoms with E-state index in [1.165, 1.54) is 36.2 Å². The molecule has 1 aliphatic carbocycles. The zero-order chi connectivity index (χ0) is 15.3. The lowest BCUT2D eigenvalue weighted by Gasteiger charge is -2.26. The average molecular weight is 325 g/mol. The van der Waals surface area contributed by atoms with Crippen molar-refractivity contribution in [3.63, 3.8) is 0 Å². The van der Waals surface area contributed by atoms with Crippen molar-refractivity contribution >= 4 is 22.7 Å². The summed E-state index contributed by atoms with van der Waals surface area (Å²) in [6, 6.07) is 15.9. The molecule has 1 aromatic carbocycles. The summed E-state index contributed by atoms with van der Waals surface area (Å²) in [5.74, 6) is 0. The second-order valence-corrected chi connectivity index (χ2v) is 8.38. The van der Waals surface area contributed by atoms with Crippen LogP contribution >= 0.6 is 22.7 Å². The molecule has 4 rings (SSSR count). The first-order valence-corrected chi connectivity index (χ1v) is 9.64. The molecule has 3 aromatic rings. The van der Waals surface area contributed by atoms with Crippen LogP contribution in [0.3, 0.4) is 0 Å². The summed E-state index contributed by atoms with van der Waals surface area (Å²) in [7, 11) is 0. The maximum Gasteiger partial charge on any atom is 0.0493 e. The number of aryl methyl sites for hydroxylation is 2. The van der Waals surface area contributed by atoms with E-state index in [0.29, 0.717) is 0 Å². The molecule has 0 N–H and O–H groups in total. The summed E-state index contributed by atoms with van der Waals surface area (Å²) in [6.07, 6.45) is 2.26. The minimum Gasteiger partial charge on any atom is -0.139 e. The Morgan fingerprint density at radius 3 is 1.77 bits per heavy atom. The van der Waals surface area contributed by atoms with Crippen LogP contribution in [0.5, 0.6) is 0 Å². The monoisotopic (exact) mass is 324 g/mol. The van der Waals surface area contributed by atoms with Crippen LogP contribution < -0.4 is 0 Å². The number of hydrogen-bond donors (Lipinski definition) is 0. The van der Waals surface area contributed by atoms with Gasteiger partial charge in [-0.1, -0.05) is 44.2 Å². The highest BCUT2D eigenvalue weighted by atomic mass is 32.1. The Hall–Kier alpha value is -1.38. The molecule has 0 aliphatic heterocycles. The van der Waals surface area contributed by atoms with Crippen LogP contribution in [0.15, 0.2) is 42.5 Å². The Morgan fingerprint density at radius 1 is 0.818 bits per heavy atom. The summed E-state index contributed by atoms with van der Waals surface area (Å²) in [5, 5.41) is 0. The van der Waals surface area contributed by atoms with Crippen LogP contribution in [-0.4, -0.2) is 0 Å². The van der Waals surface area contributed by atoms with Gasteiger partial charge in [0.05, 0.1) is 0 Å². The normalized spacial score (nSPS) is 14.9. The Labute approximate surface area is 140 Å². The molecule has 0 nitrogen and oxygen atoms in total. The summed E-state index contributed by atoms with van der Waals surface area (Å²) < 4.78 is 0. The van der Waals surface area contributed by atoms with E-state index in [9.17, 15) is 0 Å². The zero-order valence-electron chi connectivity index (χ0n) is 13.3. The van der Waals surface area contributed by atoms with Crippen LogP contribution in [0.2, 0.25) is 0 Å². The fourth-order valence-corrected chi connectivity index (χ4v) is 6.11. The molecule has 112 valence electrons. The second-order valence-electron chi connectivity index (χ2n) is 6.11. The third kappa shape index (κ3) is 1.80. The number of benzene rings is 1. The quantitative estimate of drug-likeness (QED) is 0.532. The lowest BCUT2D eigenvalue weighted by molar-refractivity contribution is 0.715. The third-order valence-corrected chi connectivity index (χ3v) is 7.62. The van der Waals surface area contributed by atoms with Crippen LogP contribution in [0.4, 0.5) is 0 Å². The minimum absolute atomic E-state index is 0.0137. The van der Waals surface area contributed by atoms with Crippen molar-refractivity contribution in [1.29, 1.82) is 0 Å². The predicted octanol–water partition coefficient (Wildman–Crippen LogP) is 6.27. The van der Waals surface area contributed by atoms with Gasteiger partial charge in [0, 0.05) is 24.9 Å². The summed E-state index contributed by atoms with van der Waals surface area (Å²) in [6.45, 7) is 6.92. The molecule has 0 bridgehead atoms. The molecule has 0 saturated heterocycles. The highest BCUT2D eigenvalue weighted by Gasteiger charge is 2.43. The van der Waals surface area contributed by atoms with Crippen LogP contribution in [0.25, 0.3) is 9.75 Å². The van der Waals surface area contributed by atoms with Gasteiger partial charge in [0.2, 0.25) is 0 Å². The van der Waals surface area contributed by atoms with E-state index in [-0.39, 0.29) is 5.41 Å². The van der Waals surface area contributed by atoms with Crippen LogP contribution in [0.1, 0.15) is 47.2 Å². The maximum absolute atomic E-state index is 2.45. The molecule has 0 spiro atoms. The first kappa shape index (κ1) is 14.2. The largest absolute Gasteiger partial charge is 0.139 e. The van der Waals surface area contributed by atoms with Gasteiger partial charge in [-0.15, -0.1) is 22.7 Å². The van der Waals surface area contributed by atoms with Crippen LogP contribution in [0, 0.1) is 0 Å². The lowest BCUT2D eigenvalue weighted by atomic mass is 9.75. The molecule has 0 atom stereocenters. The number of hydrogen-bond acceptors (Lipinski definition) is 2. The summed E-state index contributed by atoms with van der Waals surface area (Å²) in [5.41, 5.74) is 4.46. The molecule has 2 aromatic heterocycles. The molecule has 0 unspecified atom stereocenters. The van der Waals surface area contributed by atoms with E-state index in [1.807, 2.05) is 22.7 Å². The van der Waals surface area contributed by atoms with Gasteiger partial charge < -0.3 is 0 Å². The van der Waals surface area contributed by atoms with E-state index in [4.69, 9.17) is 0 Å². The number of fused-ring (bicyclic) bond motifs is 3. The molecule has 0 radical (unpaired) electrons. The van der Waals surface area contributed by atoms with Crippen molar-refractivity contribution in [2.45, 2.75) is 39.0 Å². The number of rotatable bonds is 3. The van der Waals surface area contributed by atoms with E-state index in [0.717, 1.165) is 12.8 Å². The Morgan fingerprint density at radius 2 is 1.32 bits per heavy atom. The maximum atomic E-state index is 2.45. The van der Waals surface area contributed by atoms with Gasteiger partial charge >= 0.3 is 0 Å². The fraction of sp³-hybridized carbons (Fsp3) is 0.300. The van der Waals surface area contributed by atoms with E-state index < -0.39 is 0 Å². The first-order valence-electron chi connectivity index (χ1n) is 8.00. The van der Waals surface area contributed by atoms with Crippen molar-refractivity contribution in [3.05, 3.63) is 68.9 Å². The van der Waals surface area contributed by atoms with Gasteiger partial charge in [0.1, 0.15) is 0 Å². The minimum atomic E-state index is 0.0137. The van der Waals surface area contributed by atoms with Crippen molar-refractivity contribution in [3.8, 4) is 9.75 Å². The molecule has 22 heavy (non-hydrogen) atoms. The van der Waals surface area contributed by atoms with Gasteiger partial charge in [-0.2, -0.15) is 0 Å². The van der Waals surface area contributed by atoms with Crippen molar-refractivity contribution in [1.82, 2.24) is 0 Å². The Kier molecular flexibility index (Phi) is 3.28. The standard InChI is InChI=1S/C20H20S2/c1-4-14-11-16-18(21-14)19-17(12-15(5-2)22-19)20(16,3)13-9-7-6-8-10-13/h6-12H,4-5H2,1-3H3. The van der Waals surface area contributed by atoms with Gasteiger partial charge in [-0.25, -0.2) is 0 Å². The molecule has 0 saturated carbocycles. The fourth-order valence-electron chi connectivity index (χ4n) is 3.54. The van der Waals surface area contributed by atoms with E-state index in [1.54, 1.807) is 0 Å². The van der Waals surface area contributed by atoms with Crippen LogP contribution in [-0.2, 0) is 18.3 Å². The summed E-state index contributed by atoms with van der Waals surface area (Å²) in [4.78, 5) is 6.04. The predicted molar refractivity (Wildman–Crippen MR) is 98.4 cm³/mol. The smallest absolute Gasteiger partial charge is 0.0493 e. The Balaban J connectivity index is 2.02. The SMILES string of the molecule is CCc1cc2c(s1)-c1sc(CC)cc1C2(C)c1ccccc1. The van der Waals surface area contributed by atoms with Crippen molar-refractivity contribution in [2.75, 3.05) is 0 Å². The van der Waals surface area contributed by atoms with Gasteiger partial charge in [-0.05, 0) is 48.6 Å². The molecule has 0 amide bonds. The molecular formula is C20H20S2. The van der Waals surface area contributed by atoms with Gasteiger partial charge in [0.15, 0.2) is 0 Å². The number of thiophene rings is 2. The highest BCUT2D eigenvalue weighted by Crippen LogP contribution is 2.58. The topological polar surface area (TPSA) is 0 Å². The summed E-state index contributed by atoms with van der Waals surface area (Å²) >= 11 is 3.99.